The molecule has 1 aromatic carbocycles. The van der Waals surface area contributed by atoms with Crippen molar-refractivity contribution in [3.8, 4) is 0 Å². The number of nitrogens with zero attached hydrogens (tertiary/aromatic N) is 1. The van der Waals surface area contributed by atoms with Crippen molar-refractivity contribution in [2.45, 2.75) is 51.6 Å². The first-order valence-corrected chi connectivity index (χ1v) is 10.8. The number of carbonyl (C=O) groups excluding carboxylic acids is 1. The van der Waals surface area contributed by atoms with Gasteiger partial charge >= 0.3 is 0 Å². The molecule has 2 aliphatic carbocycles. The summed E-state index contributed by atoms with van der Waals surface area (Å²) in [5, 5.41) is 9.57. The summed E-state index contributed by atoms with van der Waals surface area (Å²) in [5.74, 6) is -0.0434. The normalized spacial score (nSPS) is 34.7. The van der Waals surface area contributed by atoms with Crippen LogP contribution < -0.4 is 5.48 Å². The summed E-state index contributed by atoms with van der Waals surface area (Å²) >= 11 is 0. The van der Waals surface area contributed by atoms with Crippen molar-refractivity contribution < 1.29 is 18.4 Å². The molecule has 1 saturated heterocycles. The van der Waals surface area contributed by atoms with Gasteiger partial charge in [-0.3, -0.25) is 4.79 Å². The van der Waals surface area contributed by atoms with Gasteiger partial charge in [-0.15, -0.1) is 0 Å². The molecule has 0 aromatic heterocycles. The van der Waals surface area contributed by atoms with E-state index in [4.69, 9.17) is 0 Å². The van der Waals surface area contributed by atoms with Gasteiger partial charge in [-0.25, -0.2) is 12.7 Å². The van der Waals surface area contributed by atoms with Crippen molar-refractivity contribution >= 4 is 15.9 Å². The molecule has 1 aliphatic heterocycles. The van der Waals surface area contributed by atoms with Crippen LogP contribution in [0.1, 0.15) is 38.7 Å². The van der Waals surface area contributed by atoms with Crippen molar-refractivity contribution in [1.29, 1.82) is 0 Å². The molecule has 26 heavy (non-hydrogen) atoms. The number of carbonyl (C=O) groups is 1. The molecule has 2 saturated carbocycles. The Labute approximate surface area is 154 Å². The third kappa shape index (κ3) is 2.30. The van der Waals surface area contributed by atoms with E-state index < -0.39 is 22.0 Å². The second-order valence-electron chi connectivity index (χ2n) is 8.63. The molecule has 1 amide bonds. The van der Waals surface area contributed by atoms with Gasteiger partial charge in [0.15, 0.2) is 0 Å². The first-order chi connectivity index (χ1) is 12.2. The van der Waals surface area contributed by atoms with Crippen LogP contribution in [-0.4, -0.2) is 41.7 Å². The van der Waals surface area contributed by atoms with Crippen LogP contribution in [0, 0.1) is 16.7 Å². The van der Waals surface area contributed by atoms with Crippen LogP contribution in [0.25, 0.3) is 0 Å². The van der Waals surface area contributed by atoms with E-state index in [2.05, 4.69) is 19.3 Å². The molecule has 1 aromatic rings. The quantitative estimate of drug-likeness (QED) is 0.782. The summed E-state index contributed by atoms with van der Waals surface area (Å²) in [5.41, 5.74) is 2.49. The molecule has 2 bridgehead atoms. The Bertz CT molecular complexity index is 823. The van der Waals surface area contributed by atoms with Crippen molar-refractivity contribution in [2.24, 2.45) is 16.7 Å². The molecular formula is C19H26N2O4S. The lowest BCUT2D eigenvalue weighted by molar-refractivity contribution is -0.133. The van der Waals surface area contributed by atoms with Gasteiger partial charge in [-0.1, -0.05) is 44.2 Å². The van der Waals surface area contributed by atoms with Gasteiger partial charge in [-0.05, 0) is 42.6 Å². The molecule has 0 unspecified atom stereocenters. The van der Waals surface area contributed by atoms with E-state index in [9.17, 15) is 18.4 Å². The van der Waals surface area contributed by atoms with Gasteiger partial charge < -0.3 is 5.21 Å². The van der Waals surface area contributed by atoms with Gasteiger partial charge in [0.25, 0.3) is 5.91 Å². The second kappa shape index (κ2) is 5.78. The first kappa shape index (κ1) is 17.9. The zero-order valence-electron chi connectivity index (χ0n) is 15.2. The van der Waals surface area contributed by atoms with Crippen LogP contribution in [0.3, 0.4) is 0 Å². The highest BCUT2D eigenvalue weighted by molar-refractivity contribution is 7.90. The van der Waals surface area contributed by atoms with Crippen LogP contribution >= 0.6 is 0 Å². The minimum atomic E-state index is -3.68. The molecule has 142 valence electrons. The Hall–Kier alpha value is -1.44. The van der Waals surface area contributed by atoms with Gasteiger partial charge in [-0.2, -0.15) is 5.48 Å². The Kier molecular flexibility index (Phi) is 3.99. The summed E-state index contributed by atoms with van der Waals surface area (Å²) in [6.45, 7) is 4.31. The Morgan fingerprint density at radius 3 is 2.65 bits per heavy atom. The molecule has 1 spiro atoms. The maximum absolute atomic E-state index is 13.1. The van der Waals surface area contributed by atoms with Gasteiger partial charge in [0, 0.05) is 5.41 Å². The monoisotopic (exact) mass is 378 g/mol. The third-order valence-electron chi connectivity index (χ3n) is 7.36. The van der Waals surface area contributed by atoms with Crippen LogP contribution in [0.4, 0.5) is 0 Å². The highest BCUT2D eigenvalue weighted by atomic mass is 32.2. The van der Waals surface area contributed by atoms with Crippen LogP contribution in [0.2, 0.25) is 0 Å². The SMILES string of the molecule is CC1(C)[C@H]2CC[C@@]13CS(=O)(=O)N(C(=O)[C@H](Cc1ccccc1)NO)[C@H]3C2. The highest BCUT2D eigenvalue weighted by Crippen LogP contribution is 2.70. The lowest BCUT2D eigenvalue weighted by Crippen LogP contribution is -2.51. The van der Waals surface area contributed by atoms with Gasteiger partial charge in [0.1, 0.15) is 6.04 Å². The number of fused-ring (bicyclic) bond motifs is 1. The summed E-state index contributed by atoms with van der Waals surface area (Å²) in [4.78, 5) is 13.1. The summed E-state index contributed by atoms with van der Waals surface area (Å²) in [7, 11) is -3.68. The number of hydrogen-bond acceptors (Lipinski definition) is 5. The fraction of sp³-hybridized carbons (Fsp3) is 0.632. The van der Waals surface area contributed by atoms with Crippen LogP contribution in [0.15, 0.2) is 30.3 Å². The molecule has 2 N–H and O–H groups in total. The lowest BCUT2D eigenvalue weighted by atomic mass is 9.69. The van der Waals surface area contributed by atoms with Crippen LogP contribution in [-0.2, 0) is 21.2 Å². The lowest BCUT2D eigenvalue weighted by Gasteiger charge is -2.37. The molecule has 4 rings (SSSR count). The van der Waals surface area contributed by atoms with E-state index in [1.54, 1.807) is 0 Å². The van der Waals surface area contributed by atoms with E-state index in [1.165, 1.54) is 0 Å². The predicted octanol–water partition coefficient (Wildman–Crippen LogP) is 1.94. The van der Waals surface area contributed by atoms with Crippen molar-refractivity contribution in [1.82, 2.24) is 9.79 Å². The zero-order valence-corrected chi connectivity index (χ0v) is 16.0. The number of amides is 1. The fourth-order valence-corrected chi connectivity index (χ4v) is 8.35. The van der Waals surface area contributed by atoms with Gasteiger partial charge in [0.05, 0.1) is 11.8 Å². The first-order valence-electron chi connectivity index (χ1n) is 9.22. The average molecular weight is 378 g/mol. The molecule has 3 aliphatic rings. The van der Waals surface area contributed by atoms with Crippen molar-refractivity contribution in [3.05, 3.63) is 35.9 Å². The van der Waals surface area contributed by atoms with E-state index in [-0.39, 0.29) is 29.0 Å². The molecule has 6 nitrogen and oxygen atoms in total. The number of sulfonamides is 1. The predicted molar refractivity (Wildman–Crippen MR) is 96.8 cm³/mol. The summed E-state index contributed by atoms with van der Waals surface area (Å²) in [6, 6.07) is 8.06. The Morgan fingerprint density at radius 1 is 1.35 bits per heavy atom. The summed E-state index contributed by atoms with van der Waals surface area (Å²) < 4.78 is 27.0. The smallest absolute Gasteiger partial charge is 0.256 e. The van der Waals surface area contributed by atoms with Crippen LogP contribution in [0.5, 0.6) is 0 Å². The Morgan fingerprint density at radius 2 is 2.04 bits per heavy atom. The second-order valence-corrected chi connectivity index (χ2v) is 10.5. The standard InChI is InChI=1S/C19H26N2O4S/c1-18(2)14-8-9-19(18)12-26(24,25)21(16(19)11-14)17(22)15(20-23)10-13-6-4-3-5-7-13/h3-7,14-16,20,23H,8-12H2,1-2H3/t14-,15-,16-,19-/m0/s1. The summed E-state index contributed by atoms with van der Waals surface area (Å²) in [6.07, 6.45) is 2.87. The fourth-order valence-electron chi connectivity index (χ4n) is 5.77. The number of benzene rings is 1. The van der Waals surface area contributed by atoms with Gasteiger partial charge in [0.2, 0.25) is 10.0 Å². The molecule has 7 heteroatoms. The number of hydrogen-bond donors (Lipinski definition) is 2. The molecule has 1 heterocycles. The van der Waals surface area contributed by atoms with E-state index in [0.29, 0.717) is 5.92 Å². The Balaban J connectivity index is 1.65. The van der Waals surface area contributed by atoms with Crippen molar-refractivity contribution in [3.63, 3.8) is 0 Å². The largest absolute Gasteiger partial charge is 0.316 e. The number of hydroxylamine groups is 1. The minimum absolute atomic E-state index is 0.0450. The highest BCUT2D eigenvalue weighted by Gasteiger charge is 2.72. The van der Waals surface area contributed by atoms with Crippen molar-refractivity contribution in [2.75, 3.05) is 5.75 Å². The third-order valence-corrected chi connectivity index (χ3v) is 9.28. The maximum Gasteiger partial charge on any atom is 0.256 e. The maximum atomic E-state index is 13.1. The van der Waals surface area contributed by atoms with E-state index in [0.717, 1.165) is 29.1 Å². The minimum Gasteiger partial charge on any atom is -0.316 e. The zero-order chi connectivity index (χ0) is 18.7. The van der Waals surface area contributed by atoms with E-state index in [1.807, 2.05) is 30.3 Å². The molecular weight excluding hydrogens is 352 g/mol. The average Bonchev–Trinajstić information content (AvgIpc) is 3.07. The molecule has 0 radical (unpaired) electrons. The number of nitrogens with one attached hydrogen (secondary N) is 1. The van der Waals surface area contributed by atoms with E-state index >= 15 is 0 Å². The molecule has 3 fully saturated rings. The molecule has 4 atom stereocenters. The number of rotatable bonds is 4. The topological polar surface area (TPSA) is 86.7 Å².